The standard InChI is InChI=1S/C14H18N2O2S/c1-2-13-11-12(5-3-8-15)6-7-14(13)16-9-4-10-19(16,17)18/h6-7,11H,2,4,8-10,15H2,1H3. The van der Waals surface area contributed by atoms with Crippen molar-refractivity contribution >= 4 is 15.7 Å². The average molecular weight is 278 g/mol. The number of anilines is 1. The molecule has 0 radical (unpaired) electrons. The quantitative estimate of drug-likeness (QED) is 0.824. The molecule has 0 atom stereocenters. The van der Waals surface area contributed by atoms with Gasteiger partial charge in [0, 0.05) is 12.1 Å². The minimum Gasteiger partial charge on any atom is -0.320 e. The van der Waals surface area contributed by atoms with Gasteiger partial charge >= 0.3 is 0 Å². The first kappa shape index (κ1) is 13.9. The molecule has 1 saturated heterocycles. The predicted molar refractivity (Wildman–Crippen MR) is 77.5 cm³/mol. The molecule has 102 valence electrons. The molecule has 4 nitrogen and oxygen atoms in total. The maximum Gasteiger partial charge on any atom is 0.235 e. The molecule has 0 aliphatic carbocycles. The third-order valence-electron chi connectivity index (χ3n) is 3.16. The number of benzene rings is 1. The zero-order valence-electron chi connectivity index (χ0n) is 11.0. The molecule has 5 heteroatoms. The van der Waals surface area contributed by atoms with Crippen LogP contribution in [0.1, 0.15) is 24.5 Å². The number of hydrogen-bond donors (Lipinski definition) is 1. The predicted octanol–water partition coefficient (Wildman–Crippen LogP) is 1.10. The molecule has 2 rings (SSSR count). The van der Waals surface area contributed by atoms with Gasteiger partial charge in [0.2, 0.25) is 10.0 Å². The fraction of sp³-hybridized carbons (Fsp3) is 0.429. The summed E-state index contributed by atoms with van der Waals surface area (Å²) in [6, 6.07) is 5.65. The largest absolute Gasteiger partial charge is 0.320 e. The highest BCUT2D eigenvalue weighted by Crippen LogP contribution is 2.28. The fourth-order valence-corrected chi connectivity index (χ4v) is 3.85. The molecule has 0 bridgehead atoms. The Morgan fingerprint density at radius 2 is 2.21 bits per heavy atom. The summed E-state index contributed by atoms with van der Waals surface area (Å²) >= 11 is 0. The number of hydrogen-bond acceptors (Lipinski definition) is 3. The number of nitrogens with two attached hydrogens (primary N) is 1. The summed E-state index contributed by atoms with van der Waals surface area (Å²) in [6.07, 6.45) is 1.47. The van der Waals surface area contributed by atoms with E-state index in [-0.39, 0.29) is 5.75 Å². The van der Waals surface area contributed by atoms with E-state index in [2.05, 4.69) is 11.8 Å². The number of aryl methyl sites for hydroxylation is 1. The summed E-state index contributed by atoms with van der Waals surface area (Å²) in [5.74, 6) is 6.02. The fourth-order valence-electron chi connectivity index (χ4n) is 2.25. The second-order valence-electron chi connectivity index (χ2n) is 4.44. The molecule has 2 N–H and O–H groups in total. The average Bonchev–Trinajstić information content (AvgIpc) is 2.75. The first-order valence-corrected chi connectivity index (χ1v) is 8.01. The lowest BCUT2D eigenvalue weighted by Gasteiger charge is -2.20. The molecule has 1 aliphatic heterocycles. The normalized spacial score (nSPS) is 17.1. The highest BCUT2D eigenvalue weighted by molar-refractivity contribution is 7.93. The maximum atomic E-state index is 12.0. The zero-order chi connectivity index (χ0) is 13.9. The molecule has 0 aromatic heterocycles. The molecule has 0 amide bonds. The van der Waals surface area contributed by atoms with Crippen molar-refractivity contribution in [3.05, 3.63) is 29.3 Å². The Balaban J connectivity index is 2.42. The van der Waals surface area contributed by atoms with Crippen molar-refractivity contribution in [2.24, 2.45) is 5.73 Å². The Labute approximate surface area is 114 Å². The van der Waals surface area contributed by atoms with Gasteiger partial charge in [-0.05, 0) is 36.6 Å². The van der Waals surface area contributed by atoms with Crippen LogP contribution in [0, 0.1) is 11.8 Å². The second-order valence-corrected chi connectivity index (χ2v) is 6.46. The maximum absolute atomic E-state index is 12.0. The molecule has 1 aliphatic rings. The Hall–Kier alpha value is -1.51. The lowest BCUT2D eigenvalue weighted by Crippen LogP contribution is -2.26. The second kappa shape index (κ2) is 5.64. The summed E-state index contributed by atoms with van der Waals surface area (Å²) in [4.78, 5) is 0. The summed E-state index contributed by atoms with van der Waals surface area (Å²) in [5.41, 5.74) is 8.03. The lowest BCUT2D eigenvalue weighted by molar-refractivity contribution is 0.599. The summed E-state index contributed by atoms with van der Waals surface area (Å²) < 4.78 is 25.5. The molecule has 1 fully saturated rings. The van der Waals surface area contributed by atoms with Gasteiger partial charge in [0.1, 0.15) is 0 Å². The van der Waals surface area contributed by atoms with E-state index in [1.54, 1.807) is 0 Å². The Kier molecular flexibility index (Phi) is 4.13. The molecular weight excluding hydrogens is 260 g/mol. The van der Waals surface area contributed by atoms with Gasteiger partial charge in [0.05, 0.1) is 18.0 Å². The van der Waals surface area contributed by atoms with E-state index in [1.807, 2.05) is 25.1 Å². The smallest absolute Gasteiger partial charge is 0.235 e. The van der Waals surface area contributed by atoms with Crippen LogP contribution in [0.3, 0.4) is 0 Å². The van der Waals surface area contributed by atoms with Crippen molar-refractivity contribution in [3.8, 4) is 11.8 Å². The summed E-state index contributed by atoms with van der Waals surface area (Å²) in [5, 5.41) is 0. The van der Waals surface area contributed by atoms with Crippen molar-refractivity contribution in [2.75, 3.05) is 23.1 Å². The molecule has 1 aromatic carbocycles. The van der Waals surface area contributed by atoms with Crippen LogP contribution < -0.4 is 10.0 Å². The van der Waals surface area contributed by atoms with E-state index < -0.39 is 10.0 Å². The van der Waals surface area contributed by atoms with Gasteiger partial charge < -0.3 is 5.73 Å². The van der Waals surface area contributed by atoms with Crippen LogP contribution in [0.2, 0.25) is 0 Å². The highest BCUT2D eigenvalue weighted by Gasteiger charge is 2.29. The van der Waals surface area contributed by atoms with Crippen LogP contribution >= 0.6 is 0 Å². The van der Waals surface area contributed by atoms with E-state index in [1.165, 1.54) is 4.31 Å². The number of sulfonamides is 1. The van der Waals surface area contributed by atoms with E-state index in [9.17, 15) is 8.42 Å². The van der Waals surface area contributed by atoms with Crippen molar-refractivity contribution in [1.82, 2.24) is 0 Å². The van der Waals surface area contributed by atoms with Gasteiger partial charge in [0.25, 0.3) is 0 Å². The molecule has 1 aromatic rings. The first-order valence-electron chi connectivity index (χ1n) is 6.40. The van der Waals surface area contributed by atoms with E-state index in [0.717, 1.165) is 23.2 Å². The van der Waals surface area contributed by atoms with E-state index in [0.29, 0.717) is 19.5 Å². The van der Waals surface area contributed by atoms with Crippen LogP contribution in [0.15, 0.2) is 18.2 Å². The van der Waals surface area contributed by atoms with Gasteiger partial charge in [-0.1, -0.05) is 18.8 Å². The lowest BCUT2D eigenvalue weighted by atomic mass is 10.1. The van der Waals surface area contributed by atoms with Crippen molar-refractivity contribution in [3.63, 3.8) is 0 Å². The minimum atomic E-state index is -3.13. The van der Waals surface area contributed by atoms with Crippen LogP contribution in [-0.2, 0) is 16.4 Å². The monoisotopic (exact) mass is 278 g/mol. The third kappa shape index (κ3) is 2.91. The summed E-state index contributed by atoms with van der Waals surface area (Å²) in [6.45, 7) is 2.91. The van der Waals surface area contributed by atoms with E-state index in [4.69, 9.17) is 5.73 Å². The molecule has 1 heterocycles. The third-order valence-corrected chi connectivity index (χ3v) is 5.02. The minimum absolute atomic E-state index is 0.241. The molecule has 0 unspecified atom stereocenters. The van der Waals surface area contributed by atoms with Crippen LogP contribution in [0.4, 0.5) is 5.69 Å². The van der Waals surface area contributed by atoms with Crippen LogP contribution in [0.5, 0.6) is 0 Å². The van der Waals surface area contributed by atoms with Crippen LogP contribution in [-0.4, -0.2) is 27.3 Å². The molecule has 19 heavy (non-hydrogen) atoms. The molecular formula is C14H18N2O2S. The summed E-state index contributed by atoms with van der Waals surface area (Å²) in [7, 11) is -3.13. The molecule has 0 spiro atoms. The topological polar surface area (TPSA) is 63.4 Å². The van der Waals surface area contributed by atoms with Gasteiger partial charge in [-0.3, -0.25) is 4.31 Å². The van der Waals surface area contributed by atoms with Crippen LogP contribution in [0.25, 0.3) is 0 Å². The zero-order valence-corrected chi connectivity index (χ0v) is 11.8. The van der Waals surface area contributed by atoms with Crippen molar-refractivity contribution < 1.29 is 8.42 Å². The SMILES string of the molecule is CCc1cc(C#CCN)ccc1N1CCCS1(=O)=O. The van der Waals surface area contributed by atoms with Gasteiger partial charge in [-0.15, -0.1) is 0 Å². The number of rotatable bonds is 2. The Morgan fingerprint density at radius 1 is 1.42 bits per heavy atom. The van der Waals surface area contributed by atoms with Crippen molar-refractivity contribution in [1.29, 1.82) is 0 Å². The van der Waals surface area contributed by atoms with Crippen molar-refractivity contribution in [2.45, 2.75) is 19.8 Å². The Bertz CT molecular complexity index is 627. The highest BCUT2D eigenvalue weighted by atomic mass is 32.2. The van der Waals surface area contributed by atoms with Gasteiger partial charge in [0.15, 0.2) is 0 Å². The van der Waals surface area contributed by atoms with Gasteiger partial charge in [-0.25, -0.2) is 8.42 Å². The Morgan fingerprint density at radius 3 is 2.79 bits per heavy atom. The number of nitrogens with zero attached hydrogens (tertiary/aromatic N) is 1. The first-order chi connectivity index (χ1) is 9.08. The molecule has 0 saturated carbocycles. The van der Waals surface area contributed by atoms with E-state index >= 15 is 0 Å². The van der Waals surface area contributed by atoms with Gasteiger partial charge in [-0.2, -0.15) is 0 Å².